The minimum atomic E-state index is -1.16. The third kappa shape index (κ3) is 5.00. The summed E-state index contributed by atoms with van der Waals surface area (Å²) >= 11 is 4.48. The molecule has 0 saturated carbocycles. The van der Waals surface area contributed by atoms with Crippen molar-refractivity contribution in [2.24, 2.45) is 5.92 Å². The van der Waals surface area contributed by atoms with Crippen LogP contribution in [0.25, 0.3) is 0 Å². The first-order valence-electron chi connectivity index (χ1n) is 5.02. The van der Waals surface area contributed by atoms with Crippen molar-refractivity contribution in [1.82, 2.24) is 0 Å². The molecule has 14 heavy (non-hydrogen) atoms. The number of hydrogen-bond donors (Lipinski definition) is 3. The van der Waals surface area contributed by atoms with Gasteiger partial charge in [-0.3, -0.25) is 0 Å². The lowest BCUT2D eigenvalue weighted by Crippen LogP contribution is -2.38. The van der Waals surface area contributed by atoms with Crippen LogP contribution in [0.5, 0.6) is 0 Å². The number of rotatable bonds is 7. The molecule has 0 bridgehead atoms. The van der Waals surface area contributed by atoms with Gasteiger partial charge in [-0.05, 0) is 18.8 Å². The summed E-state index contributed by atoms with van der Waals surface area (Å²) in [6.45, 7) is 4.17. The van der Waals surface area contributed by atoms with Gasteiger partial charge < -0.3 is 15.3 Å². The predicted octanol–water partition coefficient (Wildman–Crippen LogP) is 0.895. The molecule has 4 heteroatoms. The monoisotopic (exact) mass is 220 g/mol. The average molecular weight is 220 g/mol. The van der Waals surface area contributed by atoms with Gasteiger partial charge in [-0.15, -0.1) is 0 Å². The Hall–Kier alpha value is -0.0300. The summed E-state index contributed by atoms with van der Waals surface area (Å²) in [4.78, 5) is 0. The summed E-state index contributed by atoms with van der Waals surface area (Å²) in [5.41, 5.74) is 0. The Morgan fingerprint density at radius 2 is 1.79 bits per heavy atom. The summed E-state index contributed by atoms with van der Waals surface area (Å²) < 4.78 is 0. The highest BCUT2D eigenvalue weighted by Gasteiger charge is 2.22. The molecule has 0 saturated heterocycles. The molecule has 4 atom stereocenters. The maximum Gasteiger partial charge on any atom is 0.111 e. The Kier molecular flexibility index (Phi) is 7.27. The van der Waals surface area contributed by atoms with Crippen LogP contribution in [0.2, 0.25) is 0 Å². The van der Waals surface area contributed by atoms with Crippen LogP contribution in [-0.4, -0.2) is 39.0 Å². The highest BCUT2D eigenvalue weighted by molar-refractivity contribution is 7.79. The summed E-state index contributed by atoms with van der Waals surface area (Å²) in [5.74, 6) is 0.529. The zero-order valence-corrected chi connectivity index (χ0v) is 9.57. The fourth-order valence-electron chi connectivity index (χ4n) is 1.14. The molecule has 1 unspecified atom stereocenters. The molecule has 0 heterocycles. The Bertz CT molecular complexity index is 163. The van der Waals surface area contributed by atoms with E-state index in [1.165, 1.54) is 0 Å². The van der Waals surface area contributed by atoms with Gasteiger partial charge >= 0.3 is 0 Å². The second-order valence-corrected chi connectivity index (χ2v) is 4.05. The van der Waals surface area contributed by atoms with Crippen LogP contribution in [0.1, 0.15) is 33.1 Å². The fourth-order valence-corrected chi connectivity index (χ4v) is 1.30. The van der Waals surface area contributed by atoms with Gasteiger partial charge in [0.25, 0.3) is 0 Å². The van der Waals surface area contributed by atoms with E-state index in [0.717, 1.165) is 18.2 Å². The van der Waals surface area contributed by atoms with Gasteiger partial charge in [0.1, 0.15) is 12.2 Å². The van der Waals surface area contributed by atoms with Crippen LogP contribution in [0, 0.1) is 5.92 Å². The number of aliphatic hydroxyl groups excluding tert-OH is 3. The quantitative estimate of drug-likeness (QED) is 0.558. The minimum Gasteiger partial charge on any atom is -0.390 e. The number of hydrogen-bond acceptors (Lipinski definition) is 4. The van der Waals surface area contributed by atoms with Crippen LogP contribution in [0.15, 0.2) is 0 Å². The van der Waals surface area contributed by atoms with Gasteiger partial charge in [-0.25, -0.2) is 0 Å². The molecule has 0 spiro atoms. The maximum absolute atomic E-state index is 9.49. The van der Waals surface area contributed by atoms with Crippen molar-refractivity contribution in [2.45, 2.75) is 51.4 Å². The van der Waals surface area contributed by atoms with E-state index in [-0.39, 0.29) is 0 Å². The van der Waals surface area contributed by atoms with E-state index < -0.39 is 18.3 Å². The van der Waals surface area contributed by atoms with Crippen molar-refractivity contribution >= 4 is 17.6 Å². The lowest BCUT2D eigenvalue weighted by molar-refractivity contribution is -0.0372. The average Bonchev–Trinajstić information content (AvgIpc) is 2.22. The molecule has 0 aromatic rings. The normalized spacial score (nSPS) is 19.8. The molecular formula is C10H20O3S. The molecule has 0 amide bonds. The molecule has 0 aliphatic carbocycles. The topological polar surface area (TPSA) is 60.7 Å². The van der Waals surface area contributed by atoms with E-state index in [2.05, 4.69) is 26.1 Å². The lowest BCUT2D eigenvalue weighted by Gasteiger charge is -2.21. The van der Waals surface area contributed by atoms with Gasteiger partial charge in [0.05, 0.1) is 6.10 Å². The van der Waals surface area contributed by atoms with Crippen LogP contribution in [0.4, 0.5) is 0 Å². The predicted molar refractivity (Wildman–Crippen MR) is 60.4 cm³/mol. The maximum atomic E-state index is 9.49. The van der Waals surface area contributed by atoms with Gasteiger partial charge in [-0.2, -0.15) is 0 Å². The van der Waals surface area contributed by atoms with Gasteiger partial charge in [0.2, 0.25) is 0 Å². The van der Waals surface area contributed by atoms with Gasteiger partial charge in [-0.1, -0.05) is 32.5 Å². The highest BCUT2D eigenvalue weighted by Crippen LogP contribution is 2.14. The van der Waals surface area contributed by atoms with Crippen molar-refractivity contribution in [3.05, 3.63) is 0 Å². The second kappa shape index (κ2) is 7.29. The zero-order valence-electron chi connectivity index (χ0n) is 8.76. The van der Waals surface area contributed by atoms with E-state index in [4.69, 9.17) is 5.11 Å². The number of thiocarbonyl (C=S) groups is 1. The van der Waals surface area contributed by atoms with Gasteiger partial charge in [0.15, 0.2) is 0 Å². The van der Waals surface area contributed by atoms with E-state index in [1.807, 2.05) is 0 Å². The Balaban J connectivity index is 3.83. The lowest BCUT2D eigenvalue weighted by atomic mass is 9.97. The number of aliphatic hydroxyl groups is 3. The summed E-state index contributed by atoms with van der Waals surface area (Å²) in [7, 11) is 0. The Morgan fingerprint density at radius 3 is 2.21 bits per heavy atom. The first-order chi connectivity index (χ1) is 6.52. The van der Waals surface area contributed by atoms with Crippen LogP contribution >= 0.6 is 12.2 Å². The summed E-state index contributed by atoms with van der Waals surface area (Å²) in [6.07, 6.45) is -0.764. The van der Waals surface area contributed by atoms with Crippen LogP contribution in [0.3, 0.4) is 0 Å². The Labute approximate surface area is 90.8 Å². The third-order valence-corrected chi connectivity index (χ3v) is 2.81. The fraction of sp³-hybridized carbons (Fsp3) is 0.900. The van der Waals surface area contributed by atoms with E-state index in [9.17, 15) is 10.2 Å². The molecule has 3 nitrogen and oxygen atoms in total. The first kappa shape index (κ1) is 14.0. The summed E-state index contributed by atoms with van der Waals surface area (Å²) in [5, 5.41) is 29.1. The van der Waals surface area contributed by atoms with Crippen molar-refractivity contribution in [1.29, 1.82) is 0 Å². The molecule has 0 aliphatic rings. The molecule has 0 aliphatic heterocycles. The van der Waals surface area contributed by atoms with Crippen LogP contribution < -0.4 is 0 Å². The highest BCUT2D eigenvalue weighted by atomic mass is 32.1. The van der Waals surface area contributed by atoms with E-state index in [1.54, 1.807) is 0 Å². The molecule has 0 aromatic heterocycles. The van der Waals surface area contributed by atoms with Crippen molar-refractivity contribution < 1.29 is 15.3 Å². The van der Waals surface area contributed by atoms with Gasteiger partial charge in [0, 0.05) is 5.37 Å². The molecule has 0 radical (unpaired) electrons. The largest absolute Gasteiger partial charge is 0.390 e. The van der Waals surface area contributed by atoms with Crippen molar-refractivity contribution in [3.63, 3.8) is 0 Å². The van der Waals surface area contributed by atoms with Crippen LogP contribution in [-0.2, 0) is 0 Å². The smallest absolute Gasteiger partial charge is 0.111 e. The zero-order chi connectivity index (χ0) is 11.1. The minimum absolute atomic E-state index is 0.496. The standard InChI is InChI=1S/C10H20O3S/c1-3-7(2)4-5-8(11)10(13)9(12)6-14/h6-13H,3-5H2,1-2H3/t7?,8-,9+,10-/m1/s1. The molecule has 3 N–H and O–H groups in total. The van der Waals surface area contributed by atoms with E-state index >= 15 is 0 Å². The van der Waals surface area contributed by atoms with Crippen molar-refractivity contribution in [3.8, 4) is 0 Å². The first-order valence-corrected chi connectivity index (χ1v) is 5.49. The molecule has 0 rings (SSSR count). The molecule has 0 aromatic carbocycles. The van der Waals surface area contributed by atoms with E-state index in [0.29, 0.717) is 12.3 Å². The summed E-state index contributed by atoms with van der Waals surface area (Å²) in [6, 6.07) is 0. The van der Waals surface area contributed by atoms with Crippen molar-refractivity contribution in [2.75, 3.05) is 0 Å². The second-order valence-electron chi connectivity index (χ2n) is 3.78. The molecule has 84 valence electrons. The Morgan fingerprint density at radius 1 is 1.21 bits per heavy atom. The molecule has 0 fully saturated rings. The molecular weight excluding hydrogens is 200 g/mol. The SMILES string of the molecule is CCC(C)CC[C@@H](O)[C@@H](O)[C@@H](O)C=S. The third-order valence-electron chi connectivity index (χ3n) is 2.54.